The van der Waals surface area contributed by atoms with E-state index in [2.05, 4.69) is 24.8 Å². The van der Waals surface area contributed by atoms with Gasteiger partial charge in [0.1, 0.15) is 5.82 Å². The van der Waals surface area contributed by atoms with Crippen LogP contribution in [0.5, 0.6) is 0 Å². The molecule has 0 radical (unpaired) electrons. The molecule has 2 heterocycles. The number of anilines is 1. The number of hydrogen-bond donors (Lipinski definition) is 1. The van der Waals surface area contributed by atoms with Crippen molar-refractivity contribution in [1.29, 1.82) is 0 Å². The van der Waals surface area contributed by atoms with Gasteiger partial charge in [0.05, 0.1) is 12.6 Å². The highest BCUT2D eigenvalue weighted by Crippen LogP contribution is 2.23. The molecule has 7 nitrogen and oxygen atoms in total. The van der Waals surface area contributed by atoms with E-state index in [1.165, 1.54) is 11.5 Å². The monoisotopic (exact) mass is 365 g/mol. The molecule has 0 saturated carbocycles. The summed E-state index contributed by atoms with van der Waals surface area (Å²) in [5.41, 5.74) is 0.822. The number of nitrogens with zero attached hydrogens (tertiary/aromatic N) is 4. The van der Waals surface area contributed by atoms with Gasteiger partial charge in [0, 0.05) is 35.6 Å². The predicted octanol–water partition coefficient (Wildman–Crippen LogP) is 3.60. The third kappa shape index (κ3) is 4.08. The minimum atomic E-state index is -0.155. The molecule has 1 atom stereocenters. The Morgan fingerprint density at radius 1 is 1.29 bits per heavy atom. The van der Waals surface area contributed by atoms with Gasteiger partial charge < -0.3 is 14.6 Å². The summed E-state index contributed by atoms with van der Waals surface area (Å²) in [7, 11) is 1.65. The molecule has 1 aromatic carbocycles. The first-order valence-electron chi connectivity index (χ1n) is 7.33. The summed E-state index contributed by atoms with van der Waals surface area (Å²) in [4.78, 5) is 8.82. The molecule has 0 fully saturated rings. The lowest BCUT2D eigenvalue weighted by Crippen LogP contribution is -2.08. The molecule has 0 amide bonds. The van der Waals surface area contributed by atoms with Gasteiger partial charge >= 0.3 is 0 Å². The highest BCUT2D eigenvalue weighted by Gasteiger charge is 2.16. The molecule has 0 saturated heterocycles. The lowest BCUT2D eigenvalue weighted by atomic mass is 10.2. The maximum atomic E-state index is 5.88. The predicted molar refractivity (Wildman–Crippen MR) is 92.3 cm³/mol. The van der Waals surface area contributed by atoms with Gasteiger partial charge in [-0.05, 0) is 31.2 Å². The van der Waals surface area contributed by atoms with Gasteiger partial charge in [-0.3, -0.25) is 0 Å². The van der Waals surface area contributed by atoms with Crippen LogP contribution in [0.3, 0.4) is 0 Å². The van der Waals surface area contributed by atoms with Crippen LogP contribution in [-0.4, -0.2) is 33.2 Å². The summed E-state index contributed by atoms with van der Waals surface area (Å²) in [6, 6.07) is 7.09. The lowest BCUT2D eigenvalue weighted by molar-refractivity contribution is 0.201. The molecular formula is C15H16ClN5O2S. The first-order valence-corrected chi connectivity index (χ1v) is 8.48. The molecule has 3 rings (SSSR count). The molecule has 0 aliphatic heterocycles. The van der Waals surface area contributed by atoms with Crippen LogP contribution in [-0.2, 0) is 11.2 Å². The van der Waals surface area contributed by atoms with Gasteiger partial charge in [0.2, 0.25) is 5.13 Å². The Morgan fingerprint density at radius 3 is 2.83 bits per heavy atom. The fourth-order valence-corrected chi connectivity index (χ4v) is 2.80. The van der Waals surface area contributed by atoms with Crippen LogP contribution < -0.4 is 5.32 Å². The van der Waals surface area contributed by atoms with E-state index in [0.717, 1.165) is 11.4 Å². The molecule has 1 unspecified atom stereocenters. The van der Waals surface area contributed by atoms with Crippen molar-refractivity contribution in [2.24, 2.45) is 0 Å². The second-order valence-electron chi connectivity index (χ2n) is 5.09. The summed E-state index contributed by atoms with van der Waals surface area (Å²) < 4.78 is 14.6. The van der Waals surface area contributed by atoms with Crippen molar-refractivity contribution in [3.05, 3.63) is 40.9 Å². The van der Waals surface area contributed by atoms with Crippen LogP contribution in [0.2, 0.25) is 5.02 Å². The van der Waals surface area contributed by atoms with Crippen molar-refractivity contribution >= 4 is 28.3 Å². The first-order chi connectivity index (χ1) is 11.7. The van der Waals surface area contributed by atoms with E-state index >= 15 is 0 Å². The molecule has 2 aromatic heterocycles. The van der Waals surface area contributed by atoms with Crippen LogP contribution in [0, 0.1) is 0 Å². The Kier molecular flexibility index (Phi) is 5.39. The second-order valence-corrected chi connectivity index (χ2v) is 6.28. The van der Waals surface area contributed by atoms with Crippen molar-refractivity contribution in [2.75, 3.05) is 19.0 Å². The van der Waals surface area contributed by atoms with E-state index in [1.807, 2.05) is 19.1 Å². The topological polar surface area (TPSA) is 86.0 Å². The summed E-state index contributed by atoms with van der Waals surface area (Å²) in [6.07, 6.45) is 0.686. The van der Waals surface area contributed by atoms with Gasteiger partial charge in [-0.25, -0.2) is 4.98 Å². The molecule has 3 aromatic rings. The molecule has 0 bridgehead atoms. The average Bonchev–Trinajstić information content (AvgIpc) is 3.23. The number of ether oxygens (including phenoxy) is 1. The fourth-order valence-electron chi connectivity index (χ4n) is 1.98. The van der Waals surface area contributed by atoms with Crippen molar-refractivity contribution in [2.45, 2.75) is 19.4 Å². The molecule has 0 aliphatic rings. The largest absolute Gasteiger partial charge is 0.384 e. The second kappa shape index (κ2) is 7.69. The third-order valence-electron chi connectivity index (χ3n) is 3.26. The lowest BCUT2D eigenvalue weighted by Gasteiger charge is -2.06. The van der Waals surface area contributed by atoms with Gasteiger partial charge in [-0.1, -0.05) is 16.8 Å². The van der Waals surface area contributed by atoms with Gasteiger partial charge in [0.15, 0.2) is 5.82 Å². The molecule has 126 valence electrons. The van der Waals surface area contributed by atoms with Crippen molar-refractivity contribution < 1.29 is 9.26 Å². The van der Waals surface area contributed by atoms with E-state index in [0.29, 0.717) is 34.9 Å². The molecule has 0 spiro atoms. The minimum absolute atomic E-state index is 0.155. The normalized spacial score (nSPS) is 12.3. The standard InChI is InChI=1S/C15H16ClN5O2S/c1-9(17-15-18-12(21-24-15)7-8-22-2)13-19-14(23-20-13)10-3-5-11(16)6-4-10/h3-6,9H,7-8H2,1-2H3,(H,17,18,21). The number of aromatic nitrogens is 4. The van der Waals surface area contributed by atoms with Crippen molar-refractivity contribution in [3.63, 3.8) is 0 Å². The van der Waals surface area contributed by atoms with E-state index < -0.39 is 0 Å². The van der Waals surface area contributed by atoms with Crippen LogP contribution in [0.4, 0.5) is 5.13 Å². The van der Waals surface area contributed by atoms with E-state index in [-0.39, 0.29) is 6.04 Å². The number of rotatable bonds is 7. The van der Waals surface area contributed by atoms with Crippen molar-refractivity contribution in [3.8, 4) is 11.5 Å². The number of nitrogens with one attached hydrogen (secondary N) is 1. The van der Waals surface area contributed by atoms with Crippen LogP contribution in [0.15, 0.2) is 28.8 Å². The average molecular weight is 366 g/mol. The molecular weight excluding hydrogens is 350 g/mol. The number of halogens is 1. The van der Waals surface area contributed by atoms with Gasteiger partial charge in [-0.15, -0.1) is 0 Å². The Labute approximate surface area is 148 Å². The Morgan fingerprint density at radius 2 is 2.08 bits per heavy atom. The molecule has 0 aliphatic carbocycles. The third-order valence-corrected chi connectivity index (χ3v) is 4.19. The number of benzene rings is 1. The van der Waals surface area contributed by atoms with Gasteiger partial charge in [-0.2, -0.15) is 9.36 Å². The summed E-state index contributed by atoms with van der Waals surface area (Å²) in [6.45, 7) is 2.54. The van der Waals surface area contributed by atoms with Gasteiger partial charge in [0.25, 0.3) is 5.89 Å². The van der Waals surface area contributed by atoms with Crippen molar-refractivity contribution in [1.82, 2.24) is 19.5 Å². The Hall–Kier alpha value is -2.03. The zero-order valence-electron chi connectivity index (χ0n) is 13.2. The Balaban J connectivity index is 1.66. The SMILES string of the molecule is COCCc1nsc(NC(C)c2noc(-c3ccc(Cl)cc3)n2)n1. The van der Waals surface area contributed by atoms with E-state index in [9.17, 15) is 0 Å². The van der Waals surface area contributed by atoms with Crippen LogP contribution >= 0.6 is 23.1 Å². The Bertz CT molecular complexity index is 789. The quantitative estimate of drug-likeness (QED) is 0.684. The first kappa shape index (κ1) is 16.8. The zero-order valence-corrected chi connectivity index (χ0v) is 14.8. The molecule has 9 heteroatoms. The summed E-state index contributed by atoms with van der Waals surface area (Å²) in [5, 5.41) is 8.62. The zero-order chi connectivity index (χ0) is 16.9. The highest BCUT2D eigenvalue weighted by molar-refractivity contribution is 7.09. The molecule has 24 heavy (non-hydrogen) atoms. The number of methoxy groups -OCH3 is 1. The highest BCUT2D eigenvalue weighted by atomic mass is 35.5. The maximum absolute atomic E-state index is 5.88. The summed E-state index contributed by atoms with van der Waals surface area (Å²) >= 11 is 7.18. The molecule has 1 N–H and O–H groups in total. The maximum Gasteiger partial charge on any atom is 0.257 e. The van der Waals surface area contributed by atoms with Crippen LogP contribution in [0.25, 0.3) is 11.5 Å². The number of hydrogen-bond acceptors (Lipinski definition) is 8. The summed E-state index contributed by atoms with van der Waals surface area (Å²) in [5.74, 6) is 1.76. The van der Waals surface area contributed by atoms with E-state index in [1.54, 1.807) is 19.2 Å². The minimum Gasteiger partial charge on any atom is -0.384 e. The fraction of sp³-hybridized carbons (Fsp3) is 0.333. The smallest absolute Gasteiger partial charge is 0.257 e. The van der Waals surface area contributed by atoms with Crippen LogP contribution in [0.1, 0.15) is 24.6 Å². The van der Waals surface area contributed by atoms with E-state index in [4.69, 9.17) is 20.9 Å².